The van der Waals surface area contributed by atoms with Crippen LogP contribution in [0.2, 0.25) is 0 Å². The minimum Gasteiger partial charge on any atom is -0.388 e. The molecule has 0 atom stereocenters. The van der Waals surface area contributed by atoms with Crippen molar-refractivity contribution < 1.29 is 0 Å². The predicted molar refractivity (Wildman–Crippen MR) is 89.7 cm³/mol. The second kappa shape index (κ2) is 5.60. The van der Waals surface area contributed by atoms with Crippen LogP contribution in [0, 0.1) is 0 Å². The molecule has 3 aromatic rings. The first kappa shape index (κ1) is 13.7. The Morgan fingerprint density at radius 2 is 1.86 bits per heavy atom. The summed E-state index contributed by atoms with van der Waals surface area (Å²) >= 11 is 0. The van der Waals surface area contributed by atoms with E-state index in [1.807, 2.05) is 25.0 Å². The summed E-state index contributed by atoms with van der Waals surface area (Å²) in [5, 5.41) is 8.94. The highest BCUT2D eigenvalue weighted by Crippen LogP contribution is 2.34. The lowest BCUT2D eigenvalue weighted by molar-refractivity contribution is 0.797. The molecular weight excluding hydrogens is 258 g/mol. The van der Waals surface area contributed by atoms with Gasteiger partial charge in [-0.3, -0.25) is 4.68 Å². The quantitative estimate of drug-likeness (QED) is 0.774. The van der Waals surface area contributed by atoms with E-state index in [0.717, 1.165) is 12.8 Å². The van der Waals surface area contributed by atoms with Gasteiger partial charge < -0.3 is 5.32 Å². The number of nitrogens with zero attached hydrogens (tertiary/aromatic N) is 2. The van der Waals surface area contributed by atoms with E-state index < -0.39 is 0 Å². The first-order valence-corrected chi connectivity index (χ1v) is 7.47. The van der Waals surface area contributed by atoms with Crippen molar-refractivity contribution in [2.45, 2.75) is 19.8 Å². The van der Waals surface area contributed by atoms with Gasteiger partial charge in [0.15, 0.2) is 0 Å². The third-order valence-corrected chi connectivity index (χ3v) is 4.03. The van der Waals surface area contributed by atoms with Gasteiger partial charge in [0.05, 0.1) is 11.7 Å². The number of aromatic nitrogens is 2. The van der Waals surface area contributed by atoms with Gasteiger partial charge in [0.1, 0.15) is 0 Å². The van der Waals surface area contributed by atoms with Gasteiger partial charge in [0.2, 0.25) is 0 Å². The van der Waals surface area contributed by atoms with Crippen LogP contribution in [0.3, 0.4) is 0 Å². The highest BCUT2D eigenvalue weighted by Gasteiger charge is 2.12. The van der Waals surface area contributed by atoms with Gasteiger partial charge in [-0.2, -0.15) is 5.10 Å². The van der Waals surface area contributed by atoms with Crippen LogP contribution in [-0.4, -0.2) is 16.8 Å². The van der Waals surface area contributed by atoms with Gasteiger partial charge in [-0.1, -0.05) is 37.6 Å². The number of benzene rings is 2. The first-order valence-electron chi connectivity index (χ1n) is 7.47. The van der Waals surface area contributed by atoms with Crippen LogP contribution in [0.15, 0.2) is 42.6 Å². The van der Waals surface area contributed by atoms with E-state index in [9.17, 15) is 0 Å². The lowest BCUT2D eigenvalue weighted by atomic mass is 9.93. The van der Waals surface area contributed by atoms with Gasteiger partial charge >= 0.3 is 0 Å². The number of nitrogens with one attached hydrogen (secondary N) is 1. The van der Waals surface area contributed by atoms with Crippen LogP contribution in [0.25, 0.3) is 22.0 Å². The third-order valence-electron chi connectivity index (χ3n) is 4.03. The Kier molecular flexibility index (Phi) is 3.65. The zero-order chi connectivity index (χ0) is 14.8. The Morgan fingerprint density at radius 3 is 2.62 bits per heavy atom. The fourth-order valence-corrected chi connectivity index (χ4v) is 3.01. The van der Waals surface area contributed by atoms with Crippen molar-refractivity contribution in [3.63, 3.8) is 0 Å². The van der Waals surface area contributed by atoms with E-state index in [-0.39, 0.29) is 0 Å². The van der Waals surface area contributed by atoms with Crippen LogP contribution in [-0.2, 0) is 13.5 Å². The summed E-state index contributed by atoms with van der Waals surface area (Å²) in [6.45, 7) is 2.22. The maximum absolute atomic E-state index is 4.40. The standard InChI is InChI=1S/C18H21N3/c1-4-7-15-13(8-5-10-17(15)19-2)14-9-6-11-18-16(14)12-20-21(18)3/h5-6,8-12,19H,4,7H2,1-3H3. The van der Waals surface area contributed by atoms with Crippen LogP contribution >= 0.6 is 0 Å². The zero-order valence-electron chi connectivity index (χ0n) is 12.9. The summed E-state index contributed by atoms with van der Waals surface area (Å²) < 4.78 is 1.93. The van der Waals surface area contributed by atoms with Crippen molar-refractivity contribution in [1.82, 2.24) is 9.78 Å². The molecule has 0 aliphatic carbocycles. The Morgan fingerprint density at radius 1 is 1.10 bits per heavy atom. The Hall–Kier alpha value is -2.29. The van der Waals surface area contributed by atoms with Crippen LogP contribution < -0.4 is 5.32 Å². The maximum Gasteiger partial charge on any atom is 0.0685 e. The van der Waals surface area contributed by atoms with Crippen LogP contribution in [0.4, 0.5) is 5.69 Å². The number of hydrogen-bond acceptors (Lipinski definition) is 2. The number of fused-ring (bicyclic) bond motifs is 1. The van der Waals surface area contributed by atoms with E-state index in [1.165, 1.54) is 33.3 Å². The fourth-order valence-electron chi connectivity index (χ4n) is 3.01. The second-order valence-corrected chi connectivity index (χ2v) is 5.34. The lowest BCUT2D eigenvalue weighted by Gasteiger charge is -2.15. The summed E-state index contributed by atoms with van der Waals surface area (Å²) in [5.74, 6) is 0. The monoisotopic (exact) mass is 279 g/mol. The Balaban J connectivity index is 2.27. The summed E-state index contributed by atoms with van der Waals surface area (Å²) in [4.78, 5) is 0. The average molecular weight is 279 g/mol. The molecule has 108 valence electrons. The molecule has 3 nitrogen and oxygen atoms in total. The molecule has 0 fully saturated rings. The molecule has 0 spiro atoms. The minimum atomic E-state index is 1.07. The van der Waals surface area contributed by atoms with E-state index in [4.69, 9.17) is 0 Å². The van der Waals surface area contributed by atoms with E-state index >= 15 is 0 Å². The van der Waals surface area contributed by atoms with Gasteiger partial charge in [-0.25, -0.2) is 0 Å². The largest absolute Gasteiger partial charge is 0.388 e. The summed E-state index contributed by atoms with van der Waals surface area (Å²) in [6.07, 6.45) is 4.17. The van der Waals surface area contributed by atoms with Gasteiger partial charge in [-0.05, 0) is 35.2 Å². The molecule has 21 heavy (non-hydrogen) atoms. The number of hydrogen-bond donors (Lipinski definition) is 1. The minimum absolute atomic E-state index is 1.07. The zero-order valence-corrected chi connectivity index (χ0v) is 12.9. The molecular formula is C18H21N3. The molecule has 0 aliphatic rings. The van der Waals surface area contributed by atoms with Crippen molar-refractivity contribution in [1.29, 1.82) is 0 Å². The smallest absolute Gasteiger partial charge is 0.0685 e. The molecule has 0 radical (unpaired) electrons. The maximum atomic E-state index is 4.40. The molecule has 1 aromatic heterocycles. The number of aryl methyl sites for hydroxylation is 1. The highest BCUT2D eigenvalue weighted by molar-refractivity contribution is 5.96. The average Bonchev–Trinajstić information content (AvgIpc) is 2.89. The topological polar surface area (TPSA) is 29.9 Å². The molecule has 0 aliphatic heterocycles. The van der Waals surface area contributed by atoms with Crippen LogP contribution in [0.1, 0.15) is 18.9 Å². The molecule has 1 N–H and O–H groups in total. The molecule has 0 saturated carbocycles. The van der Waals surface area contributed by atoms with Crippen molar-refractivity contribution in [3.05, 3.63) is 48.2 Å². The molecule has 0 amide bonds. The molecule has 0 saturated heterocycles. The third kappa shape index (κ3) is 2.29. The van der Waals surface area contributed by atoms with Crippen molar-refractivity contribution in [3.8, 4) is 11.1 Å². The summed E-state index contributed by atoms with van der Waals surface area (Å²) in [5.41, 5.74) is 6.35. The number of anilines is 1. The van der Waals surface area contributed by atoms with E-state index in [2.05, 4.69) is 53.7 Å². The number of rotatable bonds is 4. The highest BCUT2D eigenvalue weighted by atomic mass is 15.2. The molecule has 1 heterocycles. The van der Waals surface area contributed by atoms with E-state index in [0.29, 0.717) is 0 Å². The van der Waals surface area contributed by atoms with Crippen LogP contribution in [0.5, 0.6) is 0 Å². The van der Waals surface area contributed by atoms with Gasteiger partial charge in [0.25, 0.3) is 0 Å². The molecule has 0 unspecified atom stereocenters. The summed E-state index contributed by atoms with van der Waals surface area (Å²) in [6, 6.07) is 12.9. The SMILES string of the molecule is CCCc1c(NC)cccc1-c1cccc2c1cnn2C. The molecule has 3 heteroatoms. The van der Waals surface area contributed by atoms with Crippen molar-refractivity contribution >= 4 is 16.6 Å². The predicted octanol–water partition coefficient (Wildman–Crippen LogP) is 4.23. The fraction of sp³-hybridized carbons (Fsp3) is 0.278. The van der Waals surface area contributed by atoms with Gasteiger partial charge in [0, 0.05) is 25.2 Å². The lowest BCUT2D eigenvalue weighted by Crippen LogP contribution is -1.98. The molecule has 3 rings (SSSR count). The summed E-state index contributed by atoms with van der Waals surface area (Å²) in [7, 11) is 3.98. The van der Waals surface area contributed by atoms with Gasteiger partial charge in [-0.15, -0.1) is 0 Å². The molecule has 0 bridgehead atoms. The van der Waals surface area contributed by atoms with E-state index in [1.54, 1.807) is 0 Å². The first-order chi connectivity index (χ1) is 10.3. The Labute approximate surface area is 125 Å². The van der Waals surface area contributed by atoms with Crippen molar-refractivity contribution in [2.24, 2.45) is 7.05 Å². The molecule has 2 aromatic carbocycles. The second-order valence-electron chi connectivity index (χ2n) is 5.34. The normalized spacial score (nSPS) is 11.0. The van der Waals surface area contributed by atoms with Crippen molar-refractivity contribution in [2.75, 3.05) is 12.4 Å². The Bertz CT molecular complexity index is 771.